The van der Waals surface area contributed by atoms with Crippen molar-refractivity contribution in [2.75, 3.05) is 0 Å². The fourth-order valence-electron chi connectivity index (χ4n) is 0.783. The molecule has 0 heterocycles. The summed E-state index contributed by atoms with van der Waals surface area (Å²) in [4.78, 5) is 0. The summed E-state index contributed by atoms with van der Waals surface area (Å²) in [6, 6.07) is 1.62. The van der Waals surface area contributed by atoms with Crippen molar-refractivity contribution in [2.45, 2.75) is 13.2 Å². The van der Waals surface area contributed by atoms with E-state index in [0.717, 1.165) is 12.1 Å². The van der Waals surface area contributed by atoms with Gasteiger partial charge in [0.25, 0.3) is 0 Å². The van der Waals surface area contributed by atoms with Crippen LogP contribution in [0.25, 0.3) is 0 Å². The van der Waals surface area contributed by atoms with Crippen LogP contribution >= 0.6 is 0 Å². The molecule has 0 spiro atoms. The molecule has 0 saturated carbocycles. The lowest BCUT2D eigenvalue weighted by molar-refractivity contribution is -0.00366. The third-order valence-electron chi connectivity index (χ3n) is 1.30. The Morgan fingerprint density at radius 2 is 1.85 bits per heavy atom. The number of benzene rings is 1. The number of halogens is 3. The SMILES string of the molecule is CC(O)Oc1ccc(F)c(F)c1F. The highest BCUT2D eigenvalue weighted by molar-refractivity contribution is 5.26. The number of aliphatic hydroxyl groups excluding tert-OH is 1. The van der Waals surface area contributed by atoms with E-state index in [0.29, 0.717) is 0 Å². The third-order valence-corrected chi connectivity index (χ3v) is 1.30. The summed E-state index contributed by atoms with van der Waals surface area (Å²) in [7, 11) is 0. The zero-order valence-electron chi connectivity index (χ0n) is 6.72. The van der Waals surface area contributed by atoms with Crippen molar-refractivity contribution in [3.8, 4) is 5.75 Å². The Bertz CT molecular complexity index is 313. The summed E-state index contributed by atoms with van der Waals surface area (Å²) in [5, 5.41) is 8.69. The predicted molar refractivity (Wildman–Crippen MR) is 38.6 cm³/mol. The van der Waals surface area contributed by atoms with Crippen LogP contribution in [0.2, 0.25) is 0 Å². The molecule has 1 rings (SSSR count). The average Bonchev–Trinajstić information content (AvgIpc) is 2.06. The highest BCUT2D eigenvalue weighted by Crippen LogP contribution is 2.22. The maximum absolute atomic E-state index is 12.8. The largest absolute Gasteiger partial charge is 0.462 e. The number of aliphatic hydroxyl groups is 1. The lowest BCUT2D eigenvalue weighted by Crippen LogP contribution is -2.11. The maximum atomic E-state index is 12.8. The van der Waals surface area contributed by atoms with Gasteiger partial charge in [-0.05, 0) is 19.1 Å². The second kappa shape index (κ2) is 3.66. The summed E-state index contributed by atoms with van der Waals surface area (Å²) >= 11 is 0. The quantitative estimate of drug-likeness (QED) is 0.572. The molecule has 72 valence electrons. The van der Waals surface area contributed by atoms with Gasteiger partial charge in [0.1, 0.15) is 0 Å². The van der Waals surface area contributed by atoms with Crippen molar-refractivity contribution in [1.29, 1.82) is 0 Å². The first-order valence-corrected chi connectivity index (χ1v) is 3.50. The molecule has 1 N–H and O–H groups in total. The van der Waals surface area contributed by atoms with Crippen molar-refractivity contribution < 1.29 is 23.0 Å². The molecule has 0 aliphatic carbocycles. The van der Waals surface area contributed by atoms with Crippen molar-refractivity contribution in [2.24, 2.45) is 0 Å². The third kappa shape index (κ3) is 2.12. The number of hydrogen-bond donors (Lipinski definition) is 1. The molecule has 0 aromatic heterocycles. The first-order chi connectivity index (χ1) is 6.02. The summed E-state index contributed by atoms with van der Waals surface area (Å²) < 4.78 is 42.1. The molecule has 1 aromatic carbocycles. The zero-order chi connectivity index (χ0) is 10.0. The Balaban J connectivity index is 3.04. The molecule has 1 aromatic rings. The van der Waals surface area contributed by atoms with Gasteiger partial charge in [-0.3, -0.25) is 0 Å². The van der Waals surface area contributed by atoms with Crippen molar-refractivity contribution in [3.05, 3.63) is 29.6 Å². The number of hydrogen-bond acceptors (Lipinski definition) is 2. The predicted octanol–water partition coefficient (Wildman–Crippen LogP) is 1.82. The molecule has 0 radical (unpaired) electrons. The summed E-state index contributed by atoms with van der Waals surface area (Å²) in [6.45, 7) is 1.22. The molecule has 0 aliphatic rings. The molecule has 0 aliphatic heterocycles. The van der Waals surface area contributed by atoms with Crippen LogP contribution in [0.4, 0.5) is 13.2 Å². The molecule has 5 heteroatoms. The highest BCUT2D eigenvalue weighted by atomic mass is 19.2. The first kappa shape index (κ1) is 9.85. The van der Waals surface area contributed by atoms with Crippen LogP contribution in [0.1, 0.15) is 6.92 Å². The normalized spacial score (nSPS) is 12.7. The van der Waals surface area contributed by atoms with Crippen molar-refractivity contribution in [1.82, 2.24) is 0 Å². The van der Waals surface area contributed by atoms with Gasteiger partial charge >= 0.3 is 0 Å². The lowest BCUT2D eigenvalue weighted by Gasteiger charge is -2.09. The van der Waals surface area contributed by atoms with Gasteiger partial charge in [-0.25, -0.2) is 8.78 Å². The summed E-state index contributed by atoms with van der Waals surface area (Å²) in [6.07, 6.45) is -1.28. The zero-order valence-corrected chi connectivity index (χ0v) is 6.72. The van der Waals surface area contributed by atoms with Gasteiger partial charge in [-0.2, -0.15) is 4.39 Å². The Hall–Kier alpha value is -1.23. The molecule has 0 saturated heterocycles. The average molecular weight is 192 g/mol. The minimum Gasteiger partial charge on any atom is -0.462 e. The second-order valence-corrected chi connectivity index (χ2v) is 2.39. The van der Waals surface area contributed by atoms with Crippen molar-refractivity contribution in [3.63, 3.8) is 0 Å². The van der Waals surface area contributed by atoms with E-state index in [2.05, 4.69) is 4.74 Å². The van der Waals surface area contributed by atoms with Crippen LogP contribution in [-0.4, -0.2) is 11.4 Å². The van der Waals surface area contributed by atoms with E-state index in [1.54, 1.807) is 0 Å². The summed E-state index contributed by atoms with van der Waals surface area (Å²) in [5.74, 6) is -4.87. The number of ether oxygens (including phenoxy) is 1. The first-order valence-electron chi connectivity index (χ1n) is 3.50. The van der Waals surface area contributed by atoms with Crippen molar-refractivity contribution >= 4 is 0 Å². The molecule has 1 atom stereocenters. The smallest absolute Gasteiger partial charge is 0.203 e. The van der Waals surface area contributed by atoms with Gasteiger partial charge in [0, 0.05) is 0 Å². The van der Waals surface area contributed by atoms with Gasteiger partial charge in [0.2, 0.25) is 5.82 Å². The van der Waals surface area contributed by atoms with Gasteiger partial charge in [0.05, 0.1) is 0 Å². The molecular weight excluding hydrogens is 185 g/mol. The Morgan fingerprint density at radius 1 is 1.23 bits per heavy atom. The summed E-state index contributed by atoms with van der Waals surface area (Å²) in [5.41, 5.74) is 0. The molecule has 2 nitrogen and oxygen atoms in total. The van der Waals surface area contributed by atoms with E-state index in [-0.39, 0.29) is 0 Å². The van der Waals surface area contributed by atoms with E-state index in [9.17, 15) is 13.2 Å². The van der Waals surface area contributed by atoms with Gasteiger partial charge < -0.3 is 9.84 Å². The topological polar surface area (TPSA) is 29.5 Å². The van der Waals surface area contributed by atoms with Crippen LogP contribution < -0.4 is 4.74 Å². The fourth-order valence-corrected chi connectivity index (χ4v) is 0.783. The monoisotopic (exact) mass is 192 g/mol. The van der Waals surface area contributed by atoms with E-state index in [4.69, 9.17) is 5.11 Å². The molecule has 0 fully saturated rings. The van der Waals surface area contributed by atoms with Gasteiger partial charge in [-0.15, -0.1) is 0 Å². The number of rotatable bonds is 2. The Morgan fingerprint density at radius 3 is 2.38 bits per heavy atom. The molecular formula is C8H7F3O2. The van der Waals surface area contributed by atoms with Crippen LogP contribution in [0.5, 0.6) is 5.75 Å². The molecule has 1 unspecified atom stereocenters. The minimum absolute atomic E-state index is 0.520. The molecule has 13 heavy (non-hydrogen) atoms. The van der Waals surface area contributed by atoms with Gasteiger partial charge in [-0.1, -0.05) is 0 Å². The van der Waals surface area contributed by atoms with E-state index in [1.165, 1.54) is 6.92 Å². The van der Waals surface area contributed by atoms with Crippen LogP contribution in [0, 0.1) is 17.5 Å². The van der Waals surface area contributed by atoms with Crippen LogP contribution in [-0.2, 0) is 0 Å². The van der Waals surface area contributed by atoms with Gasteiger partial charge in [0.15, 0.2) is 23.7 Å². The van der Waals surface area contributed by atoms with Crippen LogP contribution in [0.15, 0.2) is 12.1 Å². The Kier molecular flexibility index (Phi) is 2.77. The maximum Gasteiger partial charge on any atom is 0.203 e. The molecule has 0 bridgehead atoms. The Labute approximate surface area is 72.6 Å². The van der Waals surface area contributed by atoms with E-state index in [1.807, 2.05) is 0 Å². The molecule has 0 amide bonds. The minimum atomic E-state index is -1.61. The van der Waals surface area contributed by atoms with Crippen LogP contribution in [0.3, 0.4) is 0 Å². The lowest BCUT2D eigenvalue weighted by atomic mass is 10.3. The standard InChI is InChI=1S/C8H7F3O2/c1-4(12)13-6-3-2-5(9)7(10)8(6)11/h2-4,12H,1H3. The second-order valence-electron chi connectivity index (χ2n) is 2.39. The fraction of sp³-hybridized carbons (Fsp3) is 0.250. The van der Waals surface area contributed by atoms with E-state index < -0.39 is 29.5 Å². The highest BCUT2D eigenvalue weighted by Gasteiger charge is 2.15. The van der Waals surface area contributed by atoms with E-state index >= 15 is 0 Å².